The Morgan fingerprint density at radius 2 is 0.583 bits per heavy atom. The summed E-state index contributed by atoms with van der Waals surface area (Å²) >= 11 is 6.31. The monoisotopic (exact) mass is 1260 g/mol. The molecular weight excluding hydrogens is 1200 g/mol. The smallest absolute Gasteiger partial charge is 0.399 e. The number of hydrogen-bond donors (Lipinski definition) is 0. The Morgan fingerprint density at radius 1 is 0.271 bits per heavy atom. The Labute approximate surface area is 562 Å². The van der Waals surface area contributed by atoms with Crippen molar-refractivity contribution in [1.82, 2.24) is 39.0 Å². The number of fused-ring (bicyclic) bond motifs is 6. The van der Waals surface area contributed by atoms with Crippen LogP contribution in [-0.4, -0.2) is 57.4 Å². The van der Waals surface area contributed by atoms with Crippen LogP contribution in [0.5, 0.6) is 0 Å². The topological polar surface area (TPSA) is 106 Å². The number of para-hydroxylation sites is 4. The van der Waals surface area contributed by atoms with Gasteiger partial charge < -0.3 is 18.4 Å². The van der Waals surface area contributed by atoms with Gasteiger partial charge >= 0.3 is 7.12 Å². The number of benzene rings is 12. The Kier molecular flexibility index (Phi) is 15.4. The second kappa shape index (κ2) is 24.8. The molecule has 96 heavy (non-hydrogen) atoms. The van der Waals surface area contributed by atoms with E-state index >= 15 is 0 Å². The van der Waals surface area contributed by atoms with Gasteiger partial charge in [0.1, 0.15) is 0 Å². The van der Waals surface area contributed by atoms with Crippen molar-refractivity contribution in [2.45, 2.75) is 38.9 Å². The van der Waals surface area contributed by atoms with Gasteiger partial charge in [0.2, 0.25) is 0 Å². The predicted molar refractivity (Wildman–Crippen MR) is 393 cm³/mol. The SMILES string of the molecule is CC1(C)OB(c2cccc(-c3nc(-c4ccccc4)nc(-c4ccc(-c5ccc6c(c5)c5ccccc5n6-c5ccccc5)cc4)n3)c2)OC1(C)C.Clc1cccc(-c2nc(-c3ccccc3)nc(-c3ccc(-c4ccc5c(c4)c4ccccc4n5-c4ccccc4)cc3)n2)c1. The van der Waals surface area contributed by atoms with Crippen LogP contribution in [-0.2, 0) is 9.31 Å². The fraction of sp³-hybridized carbons (Fsp3) is 0.0714. The maximum Gasteiger partial charge on any atom is 0.494 e. The Hall–Kier alpha value is -11.5. The Balaban J connectivity index is 0.000000153. The standard InChI is InChI=1S/C45H37BN4O2.C39H25ClN4/c1-44(2)45(3,4)52-46(51-44)35-17-13-16-34(28-35)43-48-41(31-14-7-5-8-15-31)47-42(49-43)32-24-22-30(23-25-32)33-26-27-40-38(29-33)37-20-11-12-21-39(37)50(40)36-18-9-6-10-19-36;40-31-13-9-12-30(24-31)39-42-37(27-10-3-1-4-11-27)41-38(43-39)28-20-18-26(19-21-28)29-22-23-36-34(25-29)33-16-7-8-17-35(33)44(36)32-14-5-2-6-15-32/h5-29H,1-4H3;1-25H. The first-order valence-electron chi connectivity index (χ1n) is 32.2. The van der Waals surface area contributed by atoms with E-state index in [-0.39, 0.29) is 0 Å². The molecule has 16 aromatic rings. The molecular formula is C84H62BClN8O2. The summed E-state index contributed by atoms with van der Waals surface area (Å²) in [6.07, 6.45) is 0. The molecule has 0 aliphatic carbocycles. The number of aromatic nitrogens is 8. The van der Waals surface area contributed by atoms with E-state index in [0.717, 1.165) is 72.5 Å². The van der Waals surface area contributed by atoms with Gasteiger partial charge in [-0.05, 0) is 128 Å². The van der Waals surface area contributed by atoms with E-state index in [1.54, 1.807) is 0 Å². The normalized spacial score (nSPS) is 13.3. The molecule has 460 valence electrons. The molecule has 0 bridgehead atoms. The van der Waals surface area contributed by atoms with Crippen LogP contribution in [0.15, 0.2) is 303 Å². The van der Waals surface area contributed by atoms with Gasteiger partial charge in [-0.25, -0.2) is 29.9 Å². The molecule has 12 heteroatoms. The largest absolute Gasteiger partial charge is 0.494 e. The molecule has 0 N–H and O–H groups in total. The van der Waals surface area contributed by atoms with E-state index in [4.69, 9.17) is 50.8 Å². The van der Waals surface area contributed by atoms with E-state index in [9.17, 15) is 0 Å². The maximum atomic E-state index is 6.36. The van der Waals surface area contributed by atoms with E-state index in [0.29, 0.717) is 40.0 Å². The van der Waals surface area contributed by atoms with Gasteiger partial charge in [0.15, 0.2) is 34.9 Å². The van der Waals surface area contributed by atoms with E-state index in [2.05, 4.69) is 237 Å². The van der Waals surface area contributed by atoms with E-state index in [1.807, 2.05) is 103 Å². The van der Waals surface area contributed by atoms with Gasteiger partial charge in [-0.2, -0.15) is 0 Å². The molecule has 0 atom stereocenters. The minimum Gasteiger partial charge on any atom is -0.399 e. The minimum atomic E-state index is -0.485. The van der Waals surface area contributed by atoms with Crippen LogP contribution in [0.25, 0.3) is 146 Å². The Morgan fingerprint density at radius 3 is 1.00 bits per heavy atom. The fourth-order valence-corrected chi connectivity index (χ4v) is 13.0. The summed E-state index contributed by atoms with van der Waals surface area (Å²) in [4.78, 5) is 29.5. The van der Waals surface area contributed by atoms with Crippen molar-refractivity contribution in [3.63, 3.8) is 0 Å². The molecule has 12 aromatic carbocycles. The molecule has 1 fully saturated rings. The van der Waals surface area contributed by atoms with Crippen LogP contribution < -0.4 is 5.46 Å². The van der Waals surface area contributed by atoms with Crippen LogP contribution >= 0.6 is 11.6 Å². The minimum absolute atomic E-state index is 0.437. The third kappa shape index (κ3) is 11.4. The van der Waals surface area contributed by atoms with Gasteiger partial charge in [0, 0.05) is 71.3 Å². The zero-order valence-corrected chi connectivity index (χ0v) is 54.0. The quantitative estimate of drug-likeness (QED) is 0.118. The highest BCUT2D eigenvalue weighted by Gasteiger charge is 2.51. The summed E-state index contributed by atoms with van der Waals surface area (Å²) in [7, 11) is -0.485. The highest BCUT2D eigenvalue weighted by Crippen LogP contribution is 2.40. The van der Waals surface area contributed by atoms with E-state index in [1.165, 1.54) is 43.6 Å². The van der Waals surface area contributed by atoms with Crippen molar-refractivity contribution in [3.8, 4) is 102 Å². The average molecular weight is 1260 g/mol. The van der Waals surface area contributed by atoms with Crippen molar-refractivity contribution in [3.05, 3.63) is 308 Å². The van der Waals surface area contributed by atoms with Crippen LogP contribution in [0.2, 0.25) is 5.02 Å². The lowest BCUT2D eigenvalue weighted by Gasteiger charge is -2.32. The maximum absolute atomic E-state index is 6.36. The molecule has 10 nitrogen and oxygen atoms in total. The van der Waals surface area contributed by atoms with Crippen LogP contribution in [0.1, 0.15) is 27.7 Å². The van der Waals surface area contributed by atoms with Crippen molar-refractivity contribution in [2.75, 3.05) is 0 Å². The molecule has 17 rings (SSSR count). The van der Waals surface area contributed by atoms with Crippen molar-refractivity contribution in [1.29, 1.82) is 0 Å². The first-order chi connectivity index (χ1) is 46.9. The van der Waals surface area contributed by atoms with Crippen molar-refractivity contribution in [2.24, 2.45) is 0 Å². The summed E-state index contributed by atoms with van der Waals surface area (Å²) in [5.41, 5.74) is 17.0. The Bertz CT molecular complexity index is 5540. The molecule has 1 saturated heterocycles. The lowest BCUT2D eigenvalue weighted by Crippen LogP contribution is -2.41. The van der Waals surface area contributed by atoms with Gasteiger partial charge in [0.25, 0.3) is 0 Å². The molecule has 0 spiro atoms. The van der Waals surface area contributed by atoms with Crippen molar-refractivity contribution >= 4 is 67.8 Å². The first-order valence-corrected chi connectivity index (χ1v) is 32.6. The summed E-state index contributed by atoms with van der Waals surface area (Å²) in [6, 6.07) is 104. The van der Waals surface area contributed by atoms with Crippen LogP contribution in [0.3, 0.4) is 0 Å². The second-order valence-corrected chi connectivity index (χ2v) is 25.5. The lowest BCUT2D eigenvalue weighted by atomic mass is 9.78. The summed E-state index contributed by atoms with van der Waals surface area (Å²) in [5.74, 6) is 3.63. The molecule has 5 heterocycles. The third-order valence-corrected chi connectivity index (χ3v) is 18.6. The molecule has 0 saturated carbocycles. The zero-order chi connectivity index (χ0) is 64.9. The number of nitrogens with zero attached hydrogens (tertiary/aromatic N) is 8. The average Bonchev–Trinajstić information content (AvgIpc) is 1.63. The number of rotatable bonds is 11. The molecule has 4 aromatic heterocycles. The number of halogens is 1. The predicted octanol–water partition coefficient (Wildman–Crippen LogP) is 20.2. The van der Waals surface area contributed by atoms with Crippen LogP contribution in [0.4, 0.5) is 0 Å². The molecule has 1 aliphatic rings. The summed E-state index contributed by atoms with van der Waals surface area (Å²) in [5, 5.41) is 5.55. The van der Waals surface area contributed by atoms with Gasteiger partial charge in [-0.15, -0.1) is 0 Å². The number of hydrogen-bond acceptors (Lipinski definition) is 8. The van der Waals surface area contributed by atoms with Gasteiger partial charge in [0.05, 0.1) is 33.3 Å². The zero-order valence-electron chi connectivity index (χ0n) is 53.2. The third-order valence-electron chi connectivity index (χ3n) is 18.4. The highest BCUT2D eigenvalue weighted by atomic mass is 35.5. The molecule has 0 amide bonds. The summed E-state index contributed by atoms with van der Waals surface area (Å²) < 4.78 is 17.4. The van der Waals surface area contributed by atoms with Gasteiger partial charge in [-0.3, -0.25) is 0 Å². The van der Waals surface area contributed by atoms with Gasteiger partial charge in [-0.1, -0.05) is 242 Å². The fourth-order valence-electron chi connectivity index (χ4n) is 12.8. The highest BCUT2D eigenvalue weighted by molar-refractivity contribution is 6.62. The van der Waals surface area contributed by atoms with E-state index < -0.39 is 18.3 Å². The summed E-state index contributed by atoms with van der Waals surface area (Å²) in [6.45, 7) is 8.26. The molecule has 0 radical (unpaired) electrons. The molecule has 1 aliphatic heterocycles. The molecule has 0 unspecified atom stereocenters. The first kappa shape index (κ1) is 59.5. The van der Waals surface area contributed by atoms with Crippen molar-refractivity contribution < 1.29 is 9.31 Å². The van der Waals surface area contributed by atoms with Crippen LogP contribution in [0, 0.1) is 0 Å². The second-order valence-electron chi connectivity index (χ2n) is 25.1. The lowest BCUT2D eigenvalue weighted by molar-refractivity contribution is 0.00578.